The molecule has 0 radical (unpaired) electrons. The Hall–Kier alpha value is -3.19. The van der Waals surface area contributed by atoms with Crippen molar-refractivity contribution in [3.05, 3.63) is 50.6 Å². The van der Waals surface area contributed by atoms with Gasteiger partial charge in [0.1, 0.15) is 0 Å². The largest absolute Gasteiger partial charge is 0.490 e. The molecule has 0 unspecified atom stereocenters. The number of hydrazone groups is 1. The summed E-state index contributed by atoms with van der Waals surface area (Å²) in [6.07, 6.45) is 3.14. The van der Waals surface area contributed by atoms with E-state index in [1.807, 2.05) is 39.0 Å². The number of hydrogen-bond donors (Lipinski definition) is 3. The van der Waals surface area contributed by atoms with Gasteiger partial charge >= 0.3 is 11.8 Å². The van der Waals surface area contributed by atoms with Crippen LogP contribution >= 0.6 is 22.6 Å². The molecule has 1 heterocycles. The Labute approximate surface area is 229 Å². The number of nitrogens with one attached hydrogen (secondary N) is 3. The Bertz CT molecular complexity index is 1140. The normalized spacial score (nSPS) is 14.9. The number of nitrogens with zero attached hydrogens (tertiary/aromatic N) is 1. The van der Waals surface area contributed by atoms with Crippen molar-refractivity contribution in [1.29, 1.82) is 0 Å². The molecule has 0 aromatic heterocycles. The minimum absolute atomic E-state index is 0.0575. The Morgan fingerprint density at radius 3 is 2.54 bits per heavy atom. The number of benzene rings is 2. The third-order valence-corrected chi connectivity index (χ3v) is 6.09. The van der Waals surface area contributed by atoms with Crippen molar-refractivity contribution >= 4 is 52.2 Å². The summed E-state index contributed by atoms with van der Waals surface area (Å²) < 4.78 is 17.6. The Morgan fingerprint density at radius 2 is 1.86 bits per heavy atom. The number of carbonyl (C=O) groups is 3. The fourth-order valence-electron chi connectivity index (χ4n) is 3.76. The van der Waals surface area contributed by atoms with Crippen molar-refractivity contribution in [2.45, 2.75) is 39.7 Å². The number of rotatable bonds is 10. The second kappa shape index (κ2) is 13.9. The summed E-state index contributed by atoms with van der Waals surface area (Å²) in [6.45, 7) is 6.90. The summed E-state index contributed by atoms with van der Waals surface area (Å²) in [7, 11) is 0. The van der Waals surface area contributed by atoms with Crippen LogP contribution in [0.5, 0.6) is 11.5 Å². The molecule has 1 aliphatic heterocycles. The summed E-state index contributed by atoms with van der Waals surface area (Å²) in [5.41, 5.74) is 5.64. The van der Waals surface area contributed by atoms with Gasteiger partial charge in [0.15, 0.2) is 18.1 Å². The molecule has 1 fully saturated rings. The molecule has 10 nitrogen and oxygen atoms in total. The zero-order chi connectivity index (χ0) is 26.8. The maximum absolute atomic E-state index is 12.5. The van der Waals surface area contributed by atoms with Crippen LogP contribution in [0.3, 0.4) is 0 Å². The minimum Gasteiger partial charge on any atom is -0.490 e. The predicted molar refractivity (Wildman–Crippen MR) is 148 cm³/mol. The van der Waals surface area contributed by atoms with Gasteiger partial charge in [0.05, 0.1) is 22.5 Å². The van der Waals surface area contributed by atoms with Crippen LogP contribution < -0.4 is 25.5 Å². The summed E-state index contributed by atoms with van der Waals surface area (Å²) >= 11 is 2.07. The zero-order valence-electron chi connectivity index (χ0n) is 21.1. The summed E-state index contributed by atoms with van der Waals surface area (Å²) in [5.74, 6) is -1.10. The topological polar surface area (TPSA) is 127 Å². The number of anilines is 1. The van der Waals surface area contributed by atoms with Gasteiger partial charge in [-0.25, -0.2) is 5.43 Å². The van der Waals surface area contributed by atoms with Crippen LogP contribution in [0, 0.1) is 17.4 Å². The molecule has 2 aromatic rings. The summed E-state index contributed by atoms with van der Waals surface area (Å²) in [5, 5.41) is 9.25. The first-order chi connectivity index (χ1) is 17.7. The molecule has 3 amide bonds. The number of hydrogen-bond acceptors (Lipinski definition) is 7. The van der Waals surface area contributed by atoms with Gasteiger partial charge in [0.2, 0.25) is 0 Å². The molecule has 0 saturated carbocycles. The number of aryl methyl sites for hydroxylation is 2. The van der Waals surface area contributed by atoms with Gasteiger partial charge < -0.3 is 24.8 Å². The molecule has 11 heteroatoms. The SMILES string of the molecule is CCOc1cc(/C=N\NC(=O)C(=O)NC[C@@H]2CCCO2)cc(I)c1OCC(=O)Nc1cc(C)cc(C)c1. The second-order valence-corrected chi connectivity index (χ2v) is 9.68. The lowest BCUT2D eigenvalue weighted by Gasteiger charge is -2.15. The van der Waals surface area contributed by atoms with E-state index in [0.717, 1.165) is 24.0 Å². The lowest BCUT2D eigenvalue weighted by atomic mass is 10.1. The van der Waals surface area contributed by atoms with Gasteiger partial charge in [0, 0.05) is 18.8 Å². The van der Waals surface area contributed by atoms with E-state index >= 15 is 0 Å². The van der Waals surface area contributed by atoms with Crippen molar-refractivity contribution in [1.82, 2.24) is 10.7 Å². The first-order valence-corrected chi connectivity index (χ1v) is 13.0. The average molecular weight is 622 g/mol. The maximum Gasteiger partial charge on any atom is 0.329 e. The van der Waals surface area contributed by atoms with Crippen LogP contribution in [0.1, 0.15) is 36.5 Å². The van der Waals surface area contributed by atoms with Crippen molar-refractivity contribution in [3.8, 4) is 11.5 Å². The highest BCUT2D eigenvalue weighted by molar-refractivity contribution is 14.1. The Kier molecular flexibility index (Phi) is 10.7. The first-order valence-electron chi connectivity index (χ1n) is 11.9. The third kappa shape index (κ3) is 9.01. The molecule has 0 bridgehead atoms. The van der Waals surface area contributed by atoms with Gasteiger partial charge in [0.25, 0.3) is 5.91 Å². The Morgan fingerprint density at radius 1 is 1.11 bits per heavy atom. The molecule has 1 atom stereocenters. The summed E-state index contributed by atoms with van der Waals surface area (Å²) in [4.78, 5) is 36.4. The smallest absolute Gasteiger partial charge is 0.329 e. The van der Waals surface area contributed by atoms with Crippen LogP contribution in [0.2, 0.25) is 0 Å². The van der Waals surface area contributed by atoms with E-state index in [-0.39, 0.29) is 25.2 Å². The fraction of sp³-hybridized carbons (Fsp3) is 0.385. The number of ether oxygens (including phenoxy) is 3. The molecule has 2 aromatic carbocycles. The van der Waals surface area contributed by atoms with Gasteiger partial charge in [-0.15, -0.1) is 0 Å². The lowest BCUT2D eigenvalue weighted by molar-refractivity contribution is -0.139. The van der Waals surface area contributed by atoms with E-state index in [0.29, 0.717) is 39.5 Å². The maximum atomic E-state index is 12.5. The predicted octanol–water partition coefficient (Wildman–Crippen LogP) is 3.07. The van der Waals surface area contributed by atoms with Gasteiger partial charge in [-0.3, -0.25) is 14.4 Å². The Balaban J connectivity index is 1.57. The zero-order valence-corrected chi connectivity index (χ0v) is 23.2. The number of amides is 3. The molecule has 1 saturated heterocycles. The van der Waals surface area contributed by atoms with Crippen molar-refractivity contribution in [2.24, 2.45) is 5.10 Å². The molecule has 0 aliphatic carbocycles. The molecular formula is C26H31IN4O6. The van der Waals surface area contributed by atoms with E-state index in [1.165, 1.54) is 6.21 Å². The second-order valence-electron chi connectivity index (χ2n) is 8.52. The quantitative estimate of drug-likeness (QED) is 0.162. The van der Waals surface area contributed by atoms with E-state index < -0.39 is 11.8 Å². The molecule has 37 heavy (non-hydrogen) atoms. The lowest BCUT2D eigenvalue weighted by Crippen LogP contribution is -2.41. The third-order valence-electron chi connectivity index (χ3n) is 5.28. The van der Waals surface area contributed by atoms with Crippen molar-refractivity contribution < 1.29 is 28.6 Å². The molecule has 1 aliphatic rings. The monoisotopic (exact) mass is 622 g/mol. The standard InChI is InChI=1S/C26H31IN4O6/c1-4-35-22-12-18(13-29-31-26(34)25(33)28-14-20-6-5-7-36-20)11-21(27)24(22)37-15-23(32)30-19-9-16(2)8-17(3)10-19/h8-13,20H,4-7,14-15H2,1-3H3,(H,28,33)(H,30,32)(H,31,34)/b29-13-/t20-/m0/s1. The highest BCUT2D eigenvalue weighted by atomic mass is 127. The number of carbonyl (C=O) groups excluding carboxylic acids is 3. The number of halogens is 1. The summed E-state index contributed by atoms with van der Waals surface area (Å²) in [6, 6.07) is 9.24. The van der Waals surface area contributed by atoms with Gasteiger partial charge in [-0.2, -0.15) is 5.10 Å². The average Bonchev–Trinajstić information content (AvgIpc) is 3.35. The fourth-order valence-corrected chi connectivity index (χ4v) is 4.54. The van der Waals surface area contributed by atoms with Gasteiger partial charge in [-0.1, -0.05) is 6.07 Å². The van der Waals surface area contributed by atoms with Crippen LogP contribution in [-0.4, -0.2) is 56.4 Å². The minimum atomic E-state index is -0.872. The van der Waals surface area contributed by atoms with Crippen LogP contribution in [0.4, 0.5) is 5.69 Å². The first kappa shape index (κ1) is 28.4. The van der Waals surface area contributed by atoms with Crippen LogP contribution in [0.15, 0.2) is 35.4 Å². The van der Waals surface area contributed by atoms with Crippen molar-refractivity contribution in [2.75, 3.05) is 31.7 Å². The van der Waals surface area contributed by atoms with E-state index in [1.54, 1.807) is 12.1 Å². The highest BCUT2D eigenvalue weighted by Crippen LogP contribution is 2.34. The van der Waals surface area contributed by atoms with Gasteiger partial charge in [-0.05, 0) is 97.2 Å². The van der Waals surface area contributed by atoms with Crippen LogP contribution in [-0.2, 0) is 19.1 Å². The van der Waals surface area contributed by atoms with E-state index in [9.17, 15) is 14.4 Å². The van der Waals surface area contributed by atoms with E-state index in [2.05, 4.69) is 43.8 Å². The molecule has 0 spiro atoms. The molecule has 198 valence electrons. The van der Waals surface area contributed by atoms with Crippen molar-refractivity contribution in [3.63, 3.8) is 0 Å². The molecular weight excluding hydrogens is 591 g/mol. The van der Waals surface area contributed by atoms with E-state index in [4.69, 9.17) is 14.2 Å². The molecule has 3 rings (SSSR count). The highest BCUT2D eigenvalue weighted by Gasteiger charge is 2.19. The molecule has 3 N–H and O–H groups in total. The van der Waals surface area contributed by atoms with Crippen LogP contribution in [0.25, 0.3) is 0 Å².